The molecule has 2 N–H and O–H groups in total. The molecule has 0 aliphatic carbocycles. The molecule has 0 bridgehead atoms. The lowest BCUT2D eigenvalue weighted by atomic mass is 10.2. The first-order chi connectivity index (χ1) is 9.33. The van der Waals surface area contributed by atoms with Crippen molar-refractivity contribution < 1.29 is 31.4 Å². The number of halogens is 5. The second kappa shape index (κ2) is 7.39. The number of nitrogens with two attached hydrogens (primary N) is 1. The first-order valence-electron chi connectivity index (χ1n) is 5.79. The van der Waals surface area contributed by atoms with E-state index in [2.05, 4.69) is 4.74 Å². The van der Waals surface area contributed by atoms with Gasteiger partial charge in [-0.2, -0.15) is 13.2 Å². The maximum atomic E-state index is 13.4. The fourth-order valence-corrected chi connectivity index (χ4v) is 1.39. The van der Waals surface area contributed by atoms with Gasteiger partial charge in [-0.1, -0.05) is 0 Å². The van der Waals surface area contributed by atoms with Crippen LogP contribution in [0.3, 0.4) is 0 Å². The van der Waals surface area contributed by atoms with Crippen LogP contribution in [0.25, 0.3) is 0 Å². The van der Waals surface area contributed by atoms with Crippen LogP contribution in [-0.2, 0) is 11.3 Å². The molecule has 0 saturated carbocycles. The Morgan fingerprint density at radius 3 is 2.15 bits per heavy atom. The van der Waals surface area contributed by atoms with Crippen molar-refractivity contribution in [3.05, 3.63) is 29.3 Å². The highest BCUT2D eigenvalue weighted by Crippen LogP contribution is 2.23. The van der Waals surface area contributed by atoms with Gasteiger partial charge in [-0.15, -0.1) is 0 Å². The van der Waals surface area contributed by atoms with Crippen LogP contribution in [0.2, 0.25) is 0 Å². The molecule has 114 valence electrons. The van der Waals surface area contributed by atoms with Crippen LogP contribution in [0.4, 0.5) is 22.0 Å². The minimum atomic E-state index is -4.39. The number of rotatable bonds is 7. The first-order valence-corrected chi connectivity index (χ1v) is 5.79. The lowest BCUT2D eigenvalue weighted by Crippen LogP contribution is -2.18. The van der Waals surface area contributed by atoms with Gasteiger partial charge < -0.3 is 15.2 Å². The Bertz CT molecular complexity index is 413. The zero-order valence-electron chi connectivity index (χ0n) is 10.5. The smallest absolute Gasteiger partial charge is 0.411 e. The van der Waals surface area contributed by atoms with E-state index in [4.69, 9.17) is 10.5 Å². The van der Waals surface area contributed by atoms with E-state index < -0.39 is 30.2 Å². The van der Waals surface area contributed by atoms with Gasteiger partial charge in [-0.05, 0) is 17.7 Å². The molecule has 0 saturated heterocycles. The maximum Gasteiger partial charge on any atom is 0.411 e. The third kappa shape index (κ3) is 5.70. The minimum Gasteiger partial charge on any atom is -0.488 e. The molecule has 0 heterocycles. The summed E-state index contributed by atoms with van der Waals surface area (Å²) in [4.78, 5) is 0. The molecule has 0 amide bonds. The zero-order valence-corrected chi connectivity index (χ0v) is 10.5. The van der Waals surface area contributed by atoms with Crippen molar-refractivity contribution in [2.24, 2.45) is 5.73 Å². The summed E-state index contributed by atoms with van der Waals surface area (Å²) in [7, 11) is 0. The first kappa shape index (κ1) is 16.6. The largest absolute Gasteiger partial charge is 0.488 e. The molecule has 8 heteroatoms. The number of ether oxygens (including phenoxy) is 2. The van der Waals surface area contributed by atoms with Crippen LogP contribution in [0.15, 0.2) is 12.1 Å². The van der Waals surface area contributed by atoms with Gasteiger partial charge >= 0.3 is 6.18 Å². The van der Waals surface area contributed by atoms with Crippen LogP contribution in [0, 0.1) is 11.6 Å². The van der Waals surface area contributed by atoms with Crippen molar-refractivity contribution in [1.82, 2.24) is 0 Å². The summed E-state index contributed by atoms with van der Waals surface area (Å²) in [5.74, 6) is -2.37. The molecule has 0 radical (unpaired) electrons. The van der Waals surface area contributed by atoms with Crippen molar-refractivity contribution in [3.63, 3.8) is 0 Å². The van der Waals surface area contributed by atoms with E-state index in [-0.39, 0.29) is 31.7 Å². The van der Waals surface area contributed by atoms with E-state index in [0.29, 0.717) is 0 Å². The molecule has 0 spiro atoms. The summed E-state index contributed by atoms with van der Waals surface area (Å²) in [6, 6.07) is 2.08. The van der Waals surface area contributed by atoms with Gasteiger partial charge in [0.05, 0.1) is 13.2 Å². The molecule has 1 aromatic rings. The molecule has 0 aliphatic rings. The lowest BCUT2D eigenvalue weighted by molar-refractivity contribution is -0.174. The van der Waals surface area contributed by atoms with E-state index in [1.165, 1.54) is 0 Å². The molecule has 20 heavy (non-hydrogen) atoms. The minimum absolute atomic E-state index is 0.0145. The van der Waals surface area contributed by atoms with Crippen LogP contribution >= 0.6 is 0 Å². The van der Waals surface area contributed by atoms with Crippen molar-refractivity contribution in [1.29, 1.82) is 0 Å². The highest BCUT2D eigenvalue weighted by molar-refractivity contribution is 5.31. The second-order valence-electron chi connectivity index (χ2n) is 3.96. The predicted octanol–water partition coefficient (Wildman–Crippen LogP) is 2.77. The van der Waals surface area contributed by atoms with Crippen molar-refractivity contribution in [3.8, 4) is 5.75 Å². The zero-order chi connectivity index (χ0) is 15.2. The number of alkyl halides is 3. The molecule has 0 atom stereocenters. The topological polar surface area (TPSA) is 44.5 Å². The van der Waals surface area contributed by atoms with Gasteiger partial charge in [0.25, 0.3) is 0 Å². The van der Waals surface area contributed by atoms with E-state index in [9.17, 15) is 22.0 Å². The van der Waals surface area contributed by atoms with E-state index in [0.717, 1.165) is 12.1 Å². The van der Waals surface area contributed by atoms with Crippen LogP contribution in [0.1, 0.15) is 12.0 Å². The average molecular weight is 299 g/mol. The molecule has 3 nitrogen and oxygen atoms in total. The van der Waals surface area contributed by atoms with E-state index in [1.807, 2.05) is 0 Å². The van der Waals surface area contributed by atoms with Gasteiger partial charge in [0.2, 0.25) is 0 Å². The third-order valence-corrected chi connectivity index (χ3v) is 2.24. The predicted molar refractivity (Wildman–Crippen MR) is 61.2 cm³/mol. The van der Waals surface area contributed by atoms with Crippen molar-refractivity contribution in [2.45, 2.75) is 19.1 Å². The summed E-state index contributed by atoms with van der Waals surface area (Å²) in [6.07, 6.45) is -4.31. The fourth-order valence-electron chi connectivity index (χ4n) is 1.39. The van der Waals surface area contributed by atoms with Crippen LogP contribution < -0.4 is 10.5 Å². The summed E-state index contributed by atoms with van der Waals surface area (Å²) in [5, 5.41) is 0. The Morgan fingerprint density at radius 1 is 1.05 bits per heavy atom. The summed E-state index contributed by atoms with van der Waals surface area (Å²) in [6.45, 7) is -1.75. The molecule has 0 unspecified atom stereocenters. The van der Waals surface area contributed by atoms with Crippen molar-refractivity contribution >= 4 is 0 Å². The SMILES string of the molecule is NCc1cc(F)c(OCCCOCC(F)(F)F)c(F)c1. The molecule has 0 aromatic heterocycles. The van der Waals surface area contributed by atoms with E-state index in [1.54, 1.807) is 0 Å². The fraction of sp³-hybridized carbons (Fsp3) is 0.500. The number of hydrogen-bond donors (Lipinski definition) is 1. The highest BCUT2D eigenvalue weighted by Gasteiger charge is 2.27. The third-order valence-electron chi connectivity index (χ3n) is 2.24. The average Bonchev–Trinajstić information content (AvgIpc) is 2.34. The highest BCUT2D eigenvalue weighted by atomic mass is 19.4. The van der Waals surface area contributed by atoms with Gasteiger partial charge in [0, 0.05) is 13.0 Å². The van der Waals surface area contributed by atoms with Gasteiger partial charge in [-0.25, -0.2) is 8.78 Å². The Labute approximate surface area is 112 Å². The second-order valence-corrected chi connectivity index (χ2v) is 3.96. The van der Waals surface area contributed by atoms with E-state index >= 15 is 0 Å². The quantitative estimate of drug-likeness (QED) is 0.622. The summed E-state index contributed by atoms with van der Waals surface area (Å²) >= 11 is 0. The van der Waals surface area contributed by atoms with Gasteiger partial charge in [-0.3, -0.25) is 0 Å². The lowest BCUT2D eigenvalue weighted by Gasteiger charge is -2.10. The normalized spacial score (nSPS) is 11.7. The standard InChI is InChI=1S/C12H14F5NO2/c13-9-4-8(6-18)5-10(14)11(9)20-3-1-2-19-7-12(15,16)17/h4-5H,1-3,6-7,18H2. The molecule has 0 fully saturated rings. The molecule has 1 rings (SSSR count). The Balaban J connectivity index is 2.36. The van der Waals surface area contributed by atoms with Crippen LogP contribution in [0.5, 0.6) is 5.75 Å². The molecular weight excluding hydrogens is 285 g/mol. The van der Waals surface area contributed by atoms with Gasteiger partial charge in [0.1, 0.15) is 6.61 Å². The summed E-state index contributed by atoms with van der Waals surface area (Å²) in [5.41, 5.74) is 5.52. The number of hydrogen-bond acceptors (Lipinski definition) is 3. The molecule has 1 aromatic carbocycles. The molecular formula is C12H14F5NO2. The molecule has 0 aliphatic heterocycles. The van der Waals surface area contributed by atoms with Gasteiger partial charge in [0.15, 0.2) is 17.4 Å². The Kier molecular flexibility index (Phi) is 6.15. The van der Waals surface area contributed by atoms with Crippen molar-refractivity contribution in [2.75, 3.05) is 19.8 Å². The monoisotopic (exact) mass is 299 g/mol. The summed E-state index contributed by atoms with van der Waals surface area (Å²) < 4.78 is 71.3. The maximum absolute atomic E-state index is 13.4. The Hall–Kier alpha value is -1.41. The Morgan fingerprint density at radius 2 is 1.65 bits per heavy atom. The number of benzene rings is 1. The van der Waals surface area contributed by atoms with Crippen LogP contribution in [-0.4, -0.2) is 26.0 Å².